The van der Waals surface area contributed by atoms with Gasteiger partial charge in [0.05, 0.1) is 6.04 Å². The van der Waals surface area contributed by atoms with E-state index in [4.69, 9.17) is 5.11 Å². The summed E-state index contributed by atoms with van der Waals surface area (Å²) in [6.45, 7) is -0.0855. The van der Waals surface area contributed by atoms with Crippen molar-refractivity contribution in [1.82, 2.24) is 10.6 Å². The molecule has 0 saturated heterocycles. The van der Waals surface area contributed by atoms with Gasteiger partial charge < -0.3 is 10.4 Å². The number of rotatable bonds is 5. The molecule has 1 atom stereocenters. The van der Waals surface area contributed by atoms with Gasteiger partial charge in [0.25, 0.3) is 0 Å². The first-order valence-electron chi connectivity index (χ1n) is 3.28. The van der Waals surface area contributed by atoms with Crippen LogP contribution in [-0.4, -0.2) is 37.1 Å². The van der Waals surface area contributed by atoms with E-state index >= 15 is 0 Å². The lowest BCUT2D eigenvalue weighted by Gasteiger charge is -2.11. The second-order valence-corrected chi connectivity index (χ2v) is 1.98. The number of hydrogen-bond acceptors (Lipinski definition) is 4. The molecule has 64 valence electrons. The van der Waals surface area contributed by atoms with Crippen LogP contribution in [0.2, 0.25) is 0 Å². The maximum absolute atomic E-state index is 10.8. The van der Waals surface area contributed by atoms with Gasteiger partial charge in [0, 0.05) is 6.61 Å². The van der Waals surface area contributed by atoms with Gasteiger partial charge in [-0.05, 0) is 13.5 Å². The first-order valence-corrected chi connectivity index (χ1v) is 3.28. The smallest absolute Gasteiger partial charge is 0.243 e. The van der Waals surface area contributed by atoms with E-state index in [0.29, 0.717) is 12.8 Å². The van der Waals surface area contributed by atoms with Crippen LogP contribution < -0.4 is 10.6 Å². The van der Waals surface area contributed by atoms with Crippen molar-refractivity contribution in [2.45, 2.75) is 12.5 Å². The van der Waals surface area contributed by atoms with Crippen LogP contribution >= 0.6 is 0 Å². The van der Waals surface area contributed by atoms with Gasteiger partial charge in [-0.3, -0.25) is 14.9 Å². The number of nitrogens with one attached hydrogen (secondary N) is 2. The first-order chi connectivity index (χ1) is 5.26. The van der Waals surface area contributed by atoms with Gasteiger partial charge in [0.1, 0.15) is 0 Å². The van der Waals surface area contributed by atoms with Crippen LogP contribution in [0.3, 0.4) is 0 Å². The molecule has 0 fully saturated rings. The van der Waals surface area contributed by atoms with Crippen molar-refractivity contribution in [2.75, 3.05) is 13.7 Å². The normalized spacial score (nSPS) is 12.2. The van der Waals surface area contributed by atoms with Crippen LogP contribution in [0.4, 0.5) is 0 Å². The standard InChI is InChI=1S/C6H12N2O3/c1-7-5(2-3-9)6(11)8-4-10/h4-5,7,9H,2-3H2,1H3,(H,8,10,11). The number of aliphatic hydroxyl groups is 1. The minimum Gasteiger partial charge on any atom is -0.396 e. The molecule has 2 amide bonds. The zero-order valence-corrected chi connectivity index (χ0v) is 6.33. The summed E-state index contributed by atoms with van der Waals surface area (Å²) in [7, 11) is 1.59. The van der Waals surface area contributed by atoms with Gasteiger partial charge in [-0.1, -0.05) is 0 Å². The van der Waals surface area contributed by atoms with E-state index in [1.807, 2.05) is 5.32 Å². The summed E-state index contributed by atoms with van der Waals surface area (Å²) in [4.78, 5) is 20.7. The molecule has 0 aliphatic carbocycles. The summed E-state index contributed by atoms with van der Waals surface area (Å²) in [6, 6.07) is -0.495. The highest BCUT2D eigenvalue weighted by molar-refractivity contribution is 5.89. The van der Waals surface area contributed by atoms with Crippen molar-refractivity contribution in [3.63, 3.8) is 0 Å². The summed E-state index contributed by atoms with van der Waals surface area (Å²) in [5, 5.41) is 13.1. The molecule has 0 heterocycles. The Bertz CT molecular complexity index is 138. The average Bonchev–Trinajstić information content (AvgIpc) is 2.00. The highest BCUT2D eigenvalue weighted by Crippen LogP contribution is 1.88. The Morgan fingerprint density at radius 1 is 1.73 bits per heavy atom. The number of carbonyl (C=O) groups excluding carboxylic acids is 2. The van der Waals surface area contributed by atoms with Crippen LogP contribution in [0.25, 0.3) is 0 Å². The zero-order valence-electron chi connectivity index (χ0n) is 6.33. The fraction of sp³-hybridized carbons (Fsp3) is 0.667. The topological polar surface area (TPSA) is 78.4 Å². The molecule has 5 heteroatoms. The van der Waals surface area contributed by atoms with Crippen molar-refractivity contribution in [1.29, 1.82) is 0 Å². The Morgan fingerprint density at radius 2 is 2.36 bits per heavy atom. The second kappa shape index (κ2) is 5.82. The third-order valence-electron chi connectivity index (χ3n) is 1.28. The predicted octanol–water partition coefficient (Wildman–Crippen LogP) is -1.77. The number of aliphatic hydroxyl groups excluding tert-OH is 1. The van der Waals surface area contributed by atoms with E-state index in [9.17, 15) is 9.59 Å². The molecule has 0 bridgehead atoms. The summed E-state index contributed by atoms with van der Waals surface area (Å²) < 4.78 is 0. The zero-order chi connectivity index (χ0) is 8.69. The Labute approximate surface area is 64.8 Å². The number of amides is 2. The van der Waals surface area contributed by atoms with E-state index in [2.05, 4.69) is 5.32 Å². The van der Waals surface area contributed by atoms with Crippen molar-refractivity contribution in [2.24, 2.45) is 0 Å². The average molecular weight is 160 g/mol. The Hall–Kier alpha value is -0.940. The molecule has 0 aliphatic rings. The van der Waals surface area contributed by atoms with E-state index in [-0.39, 0.29) is 6.61 Å². The summed E-state index contributed by atoms with van der Waals surface area (Å²) >= 11 is 0. The highest BCUT2D eigenvalue weighted by Gasteiger charge is 2.13. The molecule has 0 aromatic rings. The Morgan fingerprint density at radius 3 is 2.73 bits per heavy atom. The Kier molecular flexibility index (Phi) is 5.32. The third-order valence-corrected chi connectivity index (χ3v) is 1.28. The number of hydrogen-bond donors (Lipinski definition) is 3. The number of likely N-dealkylation sites (N-methyl/N-ethyl adjacent to an activating group) is 1. The molecule has 0 saturated carbocycles. The lowest BCUT2D eigenvalue weighted by atomic mass is 10.2. The molecule has 0 rings (SSSR count). The van der Waals surface area contributed by atoms with Crippen molar-refractivity contribution in [3.8, 4) is 0 Å². The molecule has 0 spiro atoms. The molecule has 0 radical (unpaired) electrons. The lowest BCUT2D eigenvalue weighted by molar-refractivity contribution is -0.127. The first kappa shape index (κ1) is 10.1. The maximum Gasteiger partial charge on any atom is 0.243 e. The van der Waals surface area contributed by atoms with E-state index in [1.54, 1.807) is 7.05 Å². The Balaban J connectivity index is 3.80. The second-order valence-electron chi connectivity index (χ2n) is 1.98. The fourth-order valence-electron chi connectivity index (χ4n) is 0.694. The molecule has 11 heavy (non-hydrogen) atoms. The maximum atomic E-state index is 10.8. The molecular formula is C6H12N2O3. The van der Waals surface area contributed by atoms with E-state index in [1.165, 1.54) is 0 Å². The quantitative estimate of drug-likeness (QED) is 0.416. The van der Waals surface area contributed by atoms with Crippen LogP contribution in [0.5, 0.6) is 0 Å². The molecule has 0 aliphatic heterocycles. The summed E-state index contributed by atoms with van der Waals surface area (Å²) in [5.41, 5.74) is 0. The largest absolute Gasteiger partial charge is 0.396 e. The SMILES string of the molecule is CNC(CCO)C(=O)NC=O. The van der Waals surface area contributed by atoms with Crippen LogP contribution in [0.1, 0.15) is 6.42 Å². The minimum absolute atomic E-state index is 0.0855. The molecular weight excluding hydrogens is 148 g/mol. The van der Waals surface area contributed by atoms with Crippen LogP contribution in [0.15, 0.2) is 0 Å². The third kappa shape index (κ3) is 3.69. The molecule has 3 N–H and O–H groups in total. The summed E-state index contributed by atoms with van der Waals surface area (Å²) in [5.74, 6) is -0.420. The van der Waals surface area contributed by atoms with Gasteiger partial charge in [-0.15, -0.1) is 0 Å². The van der Waals surface area contributed by atoms with Gasteiger partial charge >= 0.3 is 0 Å². The monoisotopic (exact) mass is 160 g/mol. The minimum atomic E-state index is -0.495. The van der Waals surface area contributed by atoms with Crippen molar-refractivity contribution < 1.29 is 14.7 Å². The van der Waals surface area contributed by atoms with Gasteiger partial charge in [-0.25, -0.2) is 0 Å². The van der Waals surface area contributed by atoms with Gasteiger partial charge in [0.15, 0.2) is 0 Å². The van der Waals surface area contributed by atoms with E-state index < -0.39 is 11.9 Å². The molecule has 0 aromatic heterocycles. The predicted molar refractivity (Wildman–Crippen MR) is 38.8 cm³/mol. The molecule has 0 aromatic carbocycles. The van der Waals surface area contributed by atoms with Gasteiger partial charge in [0.2, 0.25) is 12.3 Å². The van der Waals surface area contributed by atoms with E-state index in [0.717, 1.165) is 0 Å². The number of imide groups is 1. The van der Waals surface area contributed by atoms with Crippen LogP contribution in [-0.2, 0) is 9.59 Å². The molecule has 1 unspecified atom stereocenters. The lowest BCUT2D eigenvalue weighted by Crippen LogP contribution is -2.42. The fourth-order valence-corrected chi connectivity index (χ4v) is 0.694. The highest BCUT2D eigenvalue weighted by atomic mass is 16.3. The van der Waals surface area contributed by atoms with Gasteiger partial charge in [-0.2, -0.15) is 0 Å². The van der Waals surface area contributed by atoms with Crippen molar-refractivity contribution >= 4 is 12.3 Å². The number of carbonyl (C=O) groups is 2. The van der Waals surface area contributed by atoms with Crippen LogP contribution in [0, 0.1) is 0 Å². The molecule has 5 nitrogen and oxygen atoms in total. The summed E-state index contributed by atoms with van der Waals surface area (Å²) in [6.07, 6.45) is 0.625. The van der Waals surface area contributed by atoms with Crippen molar-refractivity contribution in [3.05, 3.63) is 0 Å².